The molecule has 0 aliphatic heterocycles. The van der Waals surface area contributed by atoms with Crippen LogP contribution in [0.5, 0.6) is 0 Å². The van der Waals surface area contributed by atoms with Crippen LogP contribution in [0.3, 0.4) is 0 Å². The molecule has 2 nitrogen and oxygen atoms in total. The summed E-state index contributed by atoms with van der Waals surface area (Å²) in [5, 5.41) is 0. The molecule has 8 heavy (non-hydrogen) atoms. The van der Waals surface area contributed by atoms with Crippen molar-refractivity contribution in [2.24, 2.45) is 0 Å². The molecule has 0 rings (SSSR count). The summed E-state index contributed by atoms with van der Waals surface area (Å²) in [7, 11) is -2.83. The van der Waals surface area contributed by atoms with Crippen LogP contribution >= 0.6 is 8.03 Å². The van der Waals surface area contributed by atoms with Crippen LogP contribution in [-0.2, 0) is 4.57 Å². The molecule has 0 aliphatic rings. The number of halogens is 1. The maximum absolute atomic E-state index is 11.7. The van der Waals surface area contributed by atoms with Crippen LogP contribution in [-0.4, -0.2) is 5.91 Å². The molecule has 0 radical (unpaired) electrons. The SMILES string of the molecule is CCC(F)[P+](=O)[O-].[Na+]. The molecule has 0 aromatic rings. The van der Waals surface area contributed by atoms with E-state index in [1.54, 1.807) is 0 Å². The Kier molecular flexibility index (Phi) is 8.98. The average Bonchev–Trinajstić information content (AvgIpc) is 1.65. The smallest absolute Gasteiger partial charge is 0.593 e. The summed E-state index contributed by atoms with van der Waals surface area (Å²) in [6, 6.07) is 0. The zero-order chi connectivity index (χ0) is 5.86. The van der Waals surface area contributed by atoms with Crippen molar-refractivity contribution in [1.29, 1.82) is 0 Å². The summed E-state index contributed by atoms with van der Waals surface area (Å²) in [5.41, 5.74) is 0. The third kappa shape index (κ3) is 5.13. The van der Waals surface area contributed by atoms with E-state index in [-0.39, 0.29) is 36.0 Å². The van der Waals surface area contributed by atoms with E-state index in [9.17, 15) is 13.8 Å². The minimum Gasteiger partial charge on any atom is -0.593 e. The van der Waals surface area contributed by atoms with Gasteiger partial charge in [0.2, 0.25) is 0 Å². The van der Waals surface area contributed by atoms with Gasteiger partial charge in [0.15, 0.2) is 0 Å². The van der Waals surface area contributed by atoms with Crippen LogP contribution in [0.25, 0.3) is 0 Å². The van der Waals surface area contributed by atoms with Gasteiger partial charge < -0.3 is 4.89 Å². The van der Waals surface area contributed by atoms with E-state index in [0.29, 0.717) is 0 Å². The van der Waals surface area contributed by atoms with Gasteiger partial charge in [0.25, 0.3) is 5.91 Å². The van der Waals surface area contributed by atoms with Gasteiger partial charge in [-0.15, -0.1) is 0 Å². The fraction of sp³-hybridized carbons (Fsp3) is 1.00. The summed E-state index contributed by atoms with van der Waals surface area (Å²) in [6.07, 6.45) is 0.0543. The van der Waals surface area contributed by atoms with E-state index < -0.39 is 13.9 Å². The number of rotatable bonds is 2. The van der Waals surface area contributed by atoms with Gasteiger partial charge in [-0.25, -0.2) is 0 Å². The van der Waals surface area contributed by atoms with Gasteiger partial charge in [-0.2, -0.15) is 4.39 Å². The molecule has 0 N–H and O–H groups in total. The Morgan fingerprint density at radius 1 is 1.88 bits per heavy atom. The quantitative estimate of drug-likeness (QED) is 0.328. The molecule has 0 aromatic heterocycles. The zero-order valence-electron chi connectivity index (χ0n) is 4.93. The van der Waals surface area contributed by atoms with Crippen molar-refractivity contribution < 1.29 is 43.4 Å². The van der Waals surface area contributed by atoms with Gasteiger partial charge in [0.1, 0.15) is 0 Å². The molecular formula is C3H6FNaO2P+. The van der Waals surface area contributed by atoms with E-state index >= 15 is 0 Å². The Bertz CT molecular complexity index is 79.7. The first-order chi connectivity index (χ1) is 3.18. The maximum atomic E-state index is 11.7. The molecule has 2 atom stereocenters. The molecule has 0 aliphatic carbocycles. The standard InChI is InChI=1S/C3H6FO2P.Na/c1-2-3(4)7(5)6;/h3H,2H2,1H3;/q;+1. The molecule has 42 valence electrons. The van der Waals surface area contributed by atoms with Crippen LogP contribution in [0.15, 0.2) is 0 Å². The van der Waals surface area contributed by atoms with Crippen molar-refractivity contribution >= 4 is 8.03 Å². The Hall–Kier alpha value is 0.990. The van der Waals surface area contributed by atoms with Crippen molar-refractivity contribution in [3.63, 3.8) is 0 Å². The second-order valence-corrected chi connectivity index (χ2v) is 2.26. The summed E-state index contributed by atoms with van der Waals surface area (Å²) in [4.78, 5) is 9.59. The summed E-state index contributed by atoms with van der Waals surface area (Å²) < 4.78 is 21.3. The van der Waals surface area contributed by atoms with Crippen molar-refractivity contribution in [3.8, 4) is 0 Å². The van der Waals surface area contributed by atoms with Gasteiger partial charge in [-0.3, -0.25) is 0 Å². The maximum Gasteiger partial charge on any atom is 1.00 e. The Morgan fingerprint density at radius 3 is 2.25 bits per heavy atom. The molecule has 0 aromatic carbocycles. The summed E-state index contributed by atoms with van der Waals surface area (Å²) >= 11 is 0. The third-order valence-electron chi connectivity index (χ3n) is 0.566. The van der Waals surface area contributed by atoms with Gasteiger partial charge in [-0.05, 0) is 0 Å². The first-order valence-corrected chi connectivity index (χ1v) is 3.20. The topological polar surface area (TPSA) is 40.1 Å². The number of hydrogen-bond acceptors (Lipinski definition) is 2. The fourth-order valence-electron chi connectivity index (χ4n) is 0.149. The predicted molar refractivity (Wildman–Crippen MR) is 22.8 cm³/mol. The molecule has 2 unspecified atom stereocenters. The van der Waals surface area contributed by atoms with Crippen molar-refractivity contribution in [1.82, 2.24) is 0 Å². The van der Waals surface area contributed by atoms with Crippen LogP contribution in [0.1, 0.15) is 13.3 Å². The predicted octanol–water partition coefficient (Wildman–Crippen LogP) is -2.20. The van der Waals surface area contributed by atoms with E-state index in [0.717, 1.165) is 0 Å². The van der Waals surface area contributed by atoms with Crippen molar-refractivity contribution in [3.05, 3.63) is 0 Å². The van der Waals surface area contributed by atoms with E-state index in [2.05, 4.69) is 0 Å². The fourth-order valence-corrected chi connectivity index (χ4v) is 0.447. The third-order valence-corrected chi connectivity index (χ3v) is 1.39. The second-order valence-electron chi connectivity index (χ2n) is 1.13. The van der Waals surface area contributed by atoms with Gasteiger partial charge in [0.05, 0.1) is 0 Å². The molecule has 0 saturated carbocycles. The molecule has 0 spiro atoms. The van der Waals surface area contributed by atoms with Crippen LogP contribution in [0.2, 0.25) is 0 Å². The Balaban J connectivity index is 0. The van der Waals surface area contributed by atoms with E-state index in [4.69, 9.17) is 0 Å². The Labute approximate surface area is 70.6 Å². The van der Waals surface area contributed by atoms with Gasteiger partial charge in [-0.1, -0.05) is 11.5 Å². The summed E-state index contributed by atoms with van der Waals surface area (Å²) in [6.45, 7) is 1.48. The molecule has 0 fully saturated rings. The minimum absolute atomic E-state index is 0. The molecule has 0 saturated heterocycles. The molecular weight excluding hydrogens is 141 g/mol. The monoisotopic (exact) mass is 147 g/mol. The van der Waals surface area contributed by atoms with Crippen LogP contribution < -0.4 is 34.5 Å². The van der Waals surface area contributed by atoms with E-state index in [1.807, 2.05) is 0 Å². The minimum atomic E-state index is -2.83. The molecule has 0 heterocycles. The Morgan fingerprint density at radius 2 is 2.25 bits per heavy atom. The normalized spacial score (nSPS) is 14.1. The van der Waals surface area contributed by atoms with Crippen LogP contribution in [0, 0.1) is 0 Å². The first kappa shape index (κ1) is 11.7. The van der Waals surface area contributed by atoms with Crippen molar-refractivity contribution in [2.45, 2.75) is 19.3 Å². The zero-order valence-corrected chi connectivity index (χ0v) is 7.82. The van der Waals surface area contributed by atoms with Crippen molar-refractivity contribution in [2.75, 3.05) is 0 Å². The first-order valence-electron chi connectivity index (χ1n) is 1.96. The largest absolute Gasteiger partial charge is 1.00 e. The second kappa shape index (κ2) is 6.12. The molecule has 0 bridgehead atoms. The average molecular weight is 147 g/mol. The molecule has 5 heteroatoms. The van der Waals surface area contributed by atoms with Gasteiger partial charge >= 0.3 is 37.6 Å². The number of hydrogen-bond donors (Lipinski definition) is 0. The molecule has 0 amide bonds. The summed E-state index contributed by atoms with van der Waals surface area (Å²) in [5.74, 6) is -1.64. The van der Waals surface area contributed by atoms with E-state index in [1.165, 1.54) is 6.92 Å². The number of alkyl halides is 1. The van der Waals surface area contributed by atoms with Crippen LogP contribution in [0.4, 0.5) is 4.39 Å². The van der Waals surface area contributed by atoms with Gasteiger partial charge in [0, 0.05) is 6.42 Å².